The second-order valence-corrected chi connectivity index (χ2v) is 20.1. The zero-order chi connectivity index (χ0) is 50.9. The molecule has 2 unspecified atom stereocenters. The molecule has 2 atom stereocenters. The highest BCUT2D eigenvalue weighted by atomic mass is 19.1. The highest BCUT2D eigenvalue weighted by molar-refractivity contribution is 5.70. The molecule has 2 fully saturated rings. The Balaban J connectivity index is 0.000000178. The summed E-state index contributed by atoms with van der Waals surface area (Å²) in [4.78, 5) is 75.7. The number of carbonyl (C=O) groups is 2. The van der Waals surface area contributed by atoms with Gasteiger partial charge in [-0.2, -0.15) is 4.39 Å². The minimum absolute atomic E-state index is 0.0127. The summed E-state index contributed by atoms with van der Waals surface area (Å²) in [6.45, 7) is 18.3. The molecule has 0 spiro atoms. The minimum atomic E-state index is -0.566. The monoisotopic (exact) mass is 984 g/mol. The molecular formula is C50H58F2N16O4. The molecule has 0 aromatic carbocycles. The summed E-state index contributed by atoms with van der Waals surface area (Å²) >= 11 is 0. The fraction of sp³-hybridized carbons (Fsp3) is 0.440. The van der Waals surface area contributed by atoms with E-state index in [1.165, 1.54) is 18.2 Å². The first kappa shape index (κ1) is 49.2. The molecule has 22 heteroatoms. The third-order valence-corrected chi connectivity index (χ3v) is 12.3. The quantitative estimate of drug-likeness (QED) is 0.144. The van der Waals surface area contributed by atoms with Gasteiger partial charge >= 0.3 is 12.2 Å². The summed E-state index contributed by atoms with van der Waals surface area (Å²) in [5.74, 6) is 2.52. The van der Waals surface area contributed by atoms with Gasteiger partial charge in [-0.15, -0.1) is 0 Å². The van der Waals surface area contributed by atoms with Crippen molar-refractivity contribution < 1.29 is 27.8 Å². The molecule has 376 valence electrons. The number of hydrogen-bond donors (Lipinski definition) is 2. The number of hydrogen-bond acceptors (Lipinski definition) is 18. The number of halogens is 2. The highest BCUT2D eigenvalue weighted by Crippen LogP contribution is 2.35. The summed E-state index contributed by atoms with van der Waals surface area (Å²) in [5.41, 5.74) is 3.34. The van der Waals surface area contributed by atoms with Gasteiger partial charge in [-0.25, -0.2) is 63.8 Å². The van der Waals surface area contributed by atoms with Gasteiger partial charge in [0.1, 0.15) is 34.5 Å². The van der Waals surface area contributed by atoms with Crippen LogP contribution in [0.1, 0.15) is 90.0 Å². The second-order valence-electron chi connectivity index (χ2n) is 20.1. The van der Waals surface area contributed by atoms with Gasteiger partial charge in [0.05, 0.1) is 35.6 Å². The number of ether oxygens (including phenoxy) is 2. The number of amides is 2. The van der Waals surface area contributed by atoms with Crippen LogP contribution in [0.2, 0.25) is 0 Å². The molecule has 0 aliphatic carbocycles. The largest absolute Gasteiger partial charge is 0.444 e. The maximum absolute atomic E-state index is 14.6. The molecule has 6 aromatic rings. The van der Waals surface area contributed by atoms with Crippen LogP contribution in [0.4, 0.5) is 41.5 Å². The van der Waals surface area contributed by atoms with E-state index in [0.717, 1.165) is 22.5 Å². The molecule has 4 aliphatic rings. The number of fused-ring (bicyclic) bond motifs is 2. The molecule has 10 heterocycles. The van der Waals surface area contributed by atoms with Crippen molar-refractivity contribution in [3.8, 4) is 23.3 Å². The Morgan fingerprint density at radius 2 is 1.04 bits per heavy atom. The second kappa shape index (κ2) is 20.1. The predicted molar refractivity (Wildman–Crippen MR) is 264 cm³/mol. The summed E-state index contributed by atoms with van der Waals surface area (Å²) < 4.78 is 39.9. The van der Waals surface area contributed by atoms with Gasteiger partial charge in [0.25, 0.3) is 0 Å². The van der Waals surface area contributed by atoms with Crippen molar-refractivity contribution in [2.24, 2.45) is 0 Å². The van der Waals surface area contributed by atoms with Crippen LogP contribution in [-0.2, 0) is 22.3 Å². The standard InChI is InChI=1S/2C25H29FN8O2/c1-15-18-12-29-23(22-27-7-5-8-28-22)31-19(18)6-9-34(15)21-11-16(10-20(26)32-21)30-17-13-33(14-17)24(35)36-25(2,3)4;1-15-18-12-29-23(22-27-7-5-8-28-22)31-19(18)6-9-34(15)21-11-16(26)10-20(32-21)30-17-13-33(14-17)24(35)36-25(2,3)4/h2*5,7-8,10-12,15,17H,6,9,13-14H2,1-4H3,(H,30,32). The van der Waals surface area contributed by atoms with Crippen LogP contribution in [-0.4, -0.2) is 134 Å². The fourth-order valence-corrected chi connectivity index (χ4v) is 8.75. The van der Waals surface area contributed by atoms with Crippen molar-refractivity contribution in [1.29, 1.82) is 0 Å². The molecule has 2 saturated heterocycles. The van der Waals surface area contributed by atoms with Crippen LogP contribution < -0.4 is 20.4 Å². The Labute approximate surface area is 416 Å². The third-order valence-electron chi connectivity index (χ3n) is 12.3. The van der Waals surface area contributed by atoms with Crippen LogP contribution >= 0.6 is 0 Å². The smallest absolute Gasteiger partial charge is 0.410 e. The maximum Gasteiger partial charge on any atom is 0.410 e. The number of anilines is 4. The Hall–Kier alpha value is -7.78. The third kappa shape index (κ3) is 11.5. The van der Waals surface area contributed by atoms with Gasteiger partial charge in [-0.3, -0.25) is 0 Å². The van der Waals surface area contributed by atoms with E-state index in [0.29, 0.717) is 98.5 Å². The zero-order valence-electron chi connectivity index (χ0n) is 41.5. The molecule has 0 radical (unpaired) electrons. The summed E-state index contributed by atoms with van der Waals surface area (Å²) in [5, 5.41) is 6.55. The van der Waals surface area contributed by atoms with Gasteiger partial charge in [-0.05, 0) is 67.5 Å². The number of pyridine rings is 2. The Bertz CT molecular complexity index is 2720. The van der Waals surface area contributed by atoms with E-state index in [-0.39, 0.29) is 42.2 Å². The molecule has 0 bridgehead atoms. The summed E-state index contributed by atoms with van der Waals surface area (Å²) in [6, 6.07) is 9.33. The molecule has 72 heavy (non-hydrogen) atoms. The molecule has 0 saturated carbocycles. The lowest BCUT2D eigenvalue weighted by molar-refractivity contribution is 0.00956. The van der Waals surface area contributed by atoms with Crippen molar-refractivity contribution in [3.63, 3.8) is 0 Å². The maximum atomic E-state index is 14.6. The lowest BCUT2D eigenvalue weighted by atomic mass is 9.99. The lowest BCUT2D eigenvalue weighted by Gasteiger charge is -2.40. The number of carbonyl (C=O) groups excluding carboxylic acids is 2. The van der Waals surface area contributed by atoms with Crippen molar-refractivity contribution in [1.82, 2.24) is 59.6 Å². The van der Waals surface area contributed by atoms with Crippen molar-refractivity contribution >= 4 is 35.3 Å². The topological polar surface area (TPSA) is 219 Å². The van der Waals surface area contributed by atoms with Crippen LogP contribution in [0.25, 0.3) is 23.3 Å². The number of aromatic nitrogens is 10. The Morgan fingerprint density at radius 1 is 0.583 bits per heavy atom. The van der Waals surface area contributed by atoms with E-state index in [1.807, 2.05) is 71.3 Å². The lowest BCUT2D eigenvalue weighted by Crippen LogP contribution is -2.58. The molecule has 20 nitrogen and oxygen atoms in total. The van der Waals surface area contributed by atoms with Gasteiger partial charge in [0.2, 0.25) is 5.95 Å². The fourth-order valence-electron chi connectivity index (χ4n) is 8.75. The highest BCUT2D eigenvalue weighted by Gasteiger charge is 2.36. The molecule has 4 aliphatic heterocycles. The summed E-state index contributed by atoms with van der Waals surface area (Å²) in [7, 11) is 0. The van der Waals surface area contributed by atoms with Crippen molar-refractivity contribution in [2.45, 2.75) is 104 Å². The number of rotatable bonds is 8. The Kier molecular flexibility index (Phi) is 13.8. The average Bonchev–Trinajstić information content (AvgIpc) is 3.30. The Morgan fingerprint density at radius 3 is 1.51 bits per heavy atom. The van der Waals surface area contributed by atoms with E-state index >= 15 is 0 Å². The first-order valence-electron chi connectivity index (χ1n) is 24.0. The van der Waals surface area contributed by atoms with Crippen molar-refractivity contribution in [3.05, 3.63) is 108 Å². The van der Waals surface area contributed by atoms with E-state index in [2.05, 4.69) is 60.5 Å². The number of nitrogens with one attached hydrogen (secondary N) is 2. The zero-order valence-corrected chi connectivity index (χ0v) is 41.5. The molecule has 2 N–H and O–H groups in total. The molecule has 2 amide bonds. The molecular weight excluding hydrogens is 927 g/mol. The van der Waals surface area contributed by atoms with E-state index in [4.69, 9.17) is 9.47 Å². The first-order valence-corrected chi connectivity index (χ1v) is 24.0. The van der Waals surface area contributed by atoms with Crippen LogP contribution in [0.15, 0.2) is 73.6 Å². The van der Waals surface area contributed by atoms with Crippen LogP contribution in [0, 0.1) is 11.8 Å². The van der Waals surface area contributed by atoms with Crippen molar-refractivity contribution in [2.75, 3.05) is 59.7 Å². The van der Waals surface area contributed by atoms with E-state index < -0.39 is 17.1 Å². The number of nitrogens with zero attached hydrogens (tertiary/aromatic N) is 14. The van der Waals surface area contributed by atoms with Gasteiger partial charge in [0, 0.05) is 130 Å². The minimum Gasteiger partial charge on any atom is -0.444 e. The SMILES string of the molecule is CC1c2cnc(-c3ncccn3)nc2CCN1c1cc(F)cc(NC2CN(C(=O)OC(C)(C)C)C2)n1.CC1c2cnc(-c3ncccn3)nc2CCN1c1cc(NC2CN(C(=O)OC(C)(C)C)C2)cc(F)n1. The number of likely N-dealkylation sites (tertiary alicyclic amines) is 2. The molecule has 6 aromatic heterocycles. The van der Waals surface area contributed by atoms with Crippen LogP contribution in [0.3, 0.4) is 0 Å². The van der Waals surface area contributed by atoms with Crippen LogP contribution in [0.5, 0.6) is 0 Å². The first-order chi connectivity index (χ1) is 34.3. The van der Waals surface area contributed by atoms with E-state index in [9.17, 15) is 18.4 Å². The predicted octanol–water partition coefficient (Wildman–Crippen LogP) is 7.25. The normalized spacial score (nSPS) is 17.9. The molecule has 10 rings (SSSR count). The van der Waals surface area contributed by atoms with Gasteiger partial charge < -0.3 is 39.7 Å². The van der Waals surface area contributed by atoms with E-state index in [1.54, 1.807) is 59.1 Å². The van der Waals surface area contributed by atoms with Gasteiger partial charge in [-0.1, -0.05) is 0 Å². The average molecular weight is 985 g/mol. The van der Waals surface area contributed by atoms with Gasteiger partial charge in [0.15, 0.2) is 23.3 Å². The summed E-state index contributed by atoms with van der Waals surface area (Å²) in [6.07, 6.45) is 10.9.